The molecule has 3 rings (SSSR count). The lowest BCUT2D eigenvalue weighted by molar-refractivity contribution is 0.0187. The highest BCUT2D eigenvalue weighted by molar-refractivity contribution is 5.39. The smallest absolute Gasteiger partial charge is 0.126 e. The van der Waals surface area contributed by atoms with Crippen molar-refractivity contribution in [1.82, 2.24) is 9.88 Å². The summed E-state index contributed by atoms with van der Waals surface area (Å²) in [6.45, 7) is 3.72. The number of ether oxygens (including phenoxy) is 1. The first kappa shape index (κ1) is 16.4. The van der Waals surface area contributed by atoms with Crippen LogP contribution in [0.25, 0.3) is 0 Å². The second kappa shape index (κ2) is 7.86. The Morgan fingerprint density at radius 2 is 1.96 bits per heavy atom. The van der Waals surface area contributed by atoms with Crippen molar-refractivity contribution in [2.45, 2.75) is 6.04 Å². The zero-order valence-corrected chi connectivity index (χ0v) is 13.3. The van der Waals surface area contributed by atoms with Crippen LogP contribution in [-0.2, 0) is 4.74 Å². The molecule has 1 saturated heterocycles. The van der Waals surface area contributed by atoms with Gasteiger partial charge in [0, 0.05) is 25.8 Å². The number of halogens is 1. The van der Waals surface area contributed by atoms with Crippen molar-refractivity contribution >= 4 is 5.82 Å². The number of nitrogens with one attached hydrogen (secondary N) is 1. The lowest BCUT2D eigenvalue weighted by Gasteiger charge is -2.35. The molecule has 5 nitrogen and oxygen atoms in total. The standard InChI is InChI=1S/C18H19FN4O/c19-16-4-2-15(3-5-16)17(23-7-9-24-10-8-23)13-22-18-6-1-14(11-20)12-21-18/h1-6,12,17H,7-10,13H2,(H,21,22)/t17-/m0/s1. The maximum absolute atomic E-state index is 13.2. The van der Waals surface area contributed by atoms with E-state index in [4.69, 9.17) is 10.00 Å². The van der Waals surface area contributed by atoms with E-state index >= 15 is 0 Å². The first-order valence-electron chi connectivity index (χ1n) is 7.93. The highest BCUT2D eigenvalue weighted by atomic mass is 19.1. The SMILES string of the molecule is N#Cc1ccc(NC[C@@H](c2ccc(F)cc2)N2CCOCC2)nc1. The van der Waals surface area contributed by atoms with Crippen LogP contribution in [-0.4, -0.2) is 42.7 Å². The third-order valence-corrected chi connectivity index (χ3v) is 4.11. The molecule has 24 heavy (non-hydrogen) atoms. The van der Waals surface area contributed by atoms with Gasteiger partial charge in [0.05, 0.1) is 24.8 Å². The normalized spacial score (nSPS) is 16.3. The van der Waals surface area contributed by atoms with Gasteiger partial charge in [-0.15, -0.1) is 0 Å². The van der Waals surface area contributed by atoms with E-state index in [0.717, 1.165) is 24.5 Å². The van der Waals surface area contributed by atoms with Crippen LogP contribution >= 0.6 is 0 Å². The van der Waals surface area contributed by atoms with Crippen LogP contribution < -0.4 is 5.32 Å². The summed E-state index contributed by atoms with van der Waals surface area (Å²) in [6, 6.07) is 12.3. The predicted molar refractivity (Wildman–Crippen MR) is 89.0 cm³/mol. The number of hydrogen-bond acceptors (Lipinski definition) is 5. The third-order valence-electron chi connectivity index (χ3n) is 4.11. The molecule has 6 heteroatoms. The van der Waals surface area contributed by atoms with E-state index in [9.17, 15) is 4.39 Å². The zero-order chi connectivity index (χ0) is 16.8. The largest absolute Gasteiger partial charge is 0.379 e. The number of anilines is 1. The molecule has 0 aliphatic carbocycles. The van der Waals surface area contributed by atoms with E-state index in [-0.39, 0.29) is 11.9 Å². The highest BCUT2D eigenvalue weighted by Crippen LogP contribution is 2.23. The maximum Gasteiger partial charge on any atom is 0.126 e. The summed E-state index contributed by atoms with van der Waals surface area (Å²) < 4.78 is 18.7. The molecule has 1 atom stereocenters. The van der Waals surface area contributed by atoms with Crippen LogP contribution in [0.2, 0.25) is 0 Å². The summed E-state index contributed by atoms with van der Waals surface area (Å²) >= 11 is 0. The van der Waals surface area contributed by atoms with E-state index in [1.165, 1.54) is 12.1 Å². The van der Waals surface area contributed by atoms with Gasteiger partial charge >= 0.3 is 0 Å². The summed E-state index contributed by atoms with van der Waals surface area (Å²) in [5.74, 6) is 0.482. The van der Waals surface area contributed by atoms with E-state index in [2.05, 4.69) is 21.3 Å². The Hall–Kier alpha value is -2.49. The summed E-state index contributed by atoms with van der Waals surface area (Å²) in [6.07, 6.45) is 1.55. The molecule has 1 aromatic carbocycles. The number of nitriles is 1. The molecule has 0 saturated carbocycles. The van der Waals surface area contributed by atoms with Gasteiger partial charge in [0.2, 0.25) is 0 Å². The number of pyridine rings is 1. The minimum Gasteiger partial charge on any atom is -0.379 e. The van der Waals surface area contributed by atoms with E-state index in [1.807, 2.05) is 12.1 Å². The molecule has 0 unspecified atom stereocenters. The Labute approximate surface area is 140 Å². The lowest BCUT2D eigenvalue weighted by atomic mass is 10.0. The first-order valence-corrected chi connectivity index (χ1v) is 7.93. The van der Waals surface area contributed by atoms with Crippen LogP contribution in [0.1, 0.15) is 17.2 Å². The molecule has 124 valence electrons. The van der Waals surface area contributed by atoms with Crippen molar-refractivity contribution in [2.75, 3.05) is 38.2 Å². The molecular weight excluding hydrogens is 307 g/mol. The van der Waals surface area contributed by atoms with Gasteiger partial charge < -0.3 is 10.1 Å². The van der Waals surface area contributed by atoms with Crippen LogP contribution in [0.15, 0.2) is 42.6 Å². The van der Waals surface area contributed by atoms with Gasteiger partial charge in [0.15, 0.2) is 0 Å². The van der Waals surface area contributed by atoms with E-state index in [1.54, 1.807) is 18.3 Å². The number of benzene rings is 1. The number of nitrogens with zero attached hydrogens (tertiary/aromatic N) is 3. The molecule has 1 fully saturated rings. The number of morpholine rings is 1. The Kier molecular flexibility index (Phi) is 5.36. The molecule has 0 radical (unpaired) electrons. The second-order valence-electron chi connectivity index (χ2n) is 5.64. The van der Waals surface area contributed by atoms with Gasteiger partial charge in [-0.1, -0.05) is 12.1 Å². The maximum atomic E-state index is 13.2. The van der Waals surface area contributed by atoms with Crippen molar-refractivity contribution in [2.24, 2.45) is 0 Å². The van der Waals surface area contributed by atoms with Gasteiger partial charge in [-0.2, -0.15) is 5.26 Å². The third kappa shape index (κ3) is 4.07. The zero-order valence-electron chi connectivity index (χ0n) is 13.3. The average molecular weight is 326 g/mol. The molecule has 0 spiro atoms. The lowest BCUT2D eigenvalue weighted by Crippen LogP contribution is -2.41. The monoisotopic (exact) mass is 326 g/mol. The number of aromatic nitrogens is 1. The molecule has 0 amide bonds. The van der Waals surface area contributed by atoms with Gasteiger partial charge in [-0.3, -0.25) is 4.90 Å². The minimum atomic E-state index is -0.235. The molecule has 2 heterocycles. The molecule has 2 aromatic rings. The molecular formula is C18H19FN4O. The molecule has 1 N–H and O–H groups in total. The fraction of sp³-hybridized carbons (Fsp3) is 0.333. The second-order valence-corrected chi connectivity index (χ2v) is 5.64. The van der Waals surface area contributed by atoms with Crippen LogP contribution in [0, 0.1) is 17.1 Å². The summed E-state index contributed by atoms with van der Waals surface area (Å²) in [7, 11) is 0. The van der Waals surface area contributed by atoms with E-state index < -0.39 is 0 Å². The predicted octanol–water partition coefficient (Wildman–Crippen LogP) is 2.58. The highest BCUT2D eigenvalue weighted by Gasteiger charge is 2.22. The first-order chi connectivity index (χ1) is 11.8. The summed E-state index contributed by atoms with van der Waals surface area (Å²) in [5.41, 5.74) is 1.59. The summed E-state index contributed by atoms with van der Waals surface area (Å²) in [5, 5.41) is 12.1. The molecule has 1 aromatic heterocycles. The van der Waals surface area contributed by atoms with Crippen molar-refractivity contribution in [3.05, 3.63) is 59.5 Å². The van der Waals surface area contributed by atoms with Crippen LogP contribution in [0.5, 0.6) is 0 Å². The Bertz CT molecular complexity index is 690. The van der Waals surface area contributed by atoms with Gasteiger partial charge in [0.25, 0.3) is 0 Å². The fourth-order valence-corrected chi connectivity index (χ4v) is 2.80. The van der Waals surface area contributed by atoms with Crippen molar-refractivity contribution in [1.29, 1.82) is 5.26 Å². The molecule has 1 aliphatic heterocycles. The summed E-state index contributed by atoms with van der Waals surface area (Å²) in [4.78, 5) is 6.56. The van der Waals surface area contributed by atoms with Gasteiger partial charge in [-0.25, -0.2) is 9.37 Å². The van der Waals surface area contributed by atoms with Crippen molar-refractivity contribution in [3.63, 3.8) is 0 Å². The topological polar surface area (TPSA) is 61.2 Å². The average Bonchev–Trinajstić information content (AvgIpc) is 2.65. The van der Waals surface area contributed by atoms with Crippen molar-refractivity contribution in [3.8, 4) is 6.07 Å². The minimum absolute atomic E-state index is 0.104. The van der Waals surface area contributed by atoms with Crippen molar-refractivity contribution < 1.29 is 9.13 Å². The van der Waals surface area contributed by atoms with Crippen LogP contribution in [0.3, 0.4) is 0 Å². The van der Waals surface area contributed by atoms with E-state index in [0.29, 0.717) is 25.3 Å². The van der Waals surface area contributed by atoms with Gasteiger partial charge in [0.1, 0.15) is 17.7 Å². The molecule has 0 bridgehead atoms. The number of hydrogen-bond donors (Lipinski definition) is 1. The fourth-order valence-electron chi connectivity index (χ4n) is 2.80. The Morgan fingerprint density at radius 1 is 1.21 bits per heavy atom. The Balaban J connectivity index is 1.73. The number of rotatable bonds is 5. The quantitative estimate of drug-likeness (QED) is 0.915. The van der Waals surface area contributed by atoms with Crippen LogP contribution in [0.4, 0.5) is 10.2 Å². The Morgan fingerprint density at radius 3 is 2.58 bits per heavy atom. The van der Waals surface area contributed by atoms with Gasteiger partial charge in [-0.05, 0) is 29.8 Å². The molecule has 1 aliphatic rings.